The Morgan fingerprint density at radius 3 is 2.61 bits per heavy atom. The summed E-state index contributed by atoms with van der Waals surface area (Å²) in [6, 6.07) is 7.03. The van der Waals surface area contributed by atoms with Crippen molar-refractivity contribution in [2.75, 3.05) is 13.6 Å². The van der Waals surface area contributed by atoms with Gasteiger partial charge in [0.2, 0.25) is 0 Å². The van der Waals surface area contributed by atoms with Crippen LogP contribution in [0.15, 0.2) is 24.3 Å². The summed E-state index contributed by atoms with van der Waals surface area (Å²) >= 11 is 0. The second-order valence-corrected chi connectivity index (χ2v) is 5.29. The minimum Gasteiger partial charge on any atom is -0.319 e. The summed E-state index contributed by atoms with van der Waals surface area (Å²) in [5, 5.41) is 3.31. The van der Waals surface area contributed by atoms with Gasteiger partial charge in [-0.25, -0.2) is 4.39 Å². The highest BCUT2D eigenvalue weighted by atomic mass is 19.1. The lowest BCUT2D eigenvalue weighted by molar-refractivity contribution is 0.234. The molecule has 0 bridgehead atoms. The maximum atomic E-state index is 13.3. The predicted octanol–water partition coefficient (Wildman–Crippen LogP) is 4.17. The fourth-order valence-corrected chi connectivity index (χ4v) is 2.67. The van der Waals surface area contributed by atoms with Crippen LogP contribution in [0.2, 0.25) is 0 Å². The molecule has 1 nitrogen and oxygen atoms in total. The minimum absolute atomic E-state index is 0.127. The van der Waals surface area contributed by atoms with E-state index in [0.717, 1.165) is 24.9 Å². The summed E-state index contributed by atoms with van der Waals surface area (Å²) in [7, 11) is 2.00. The molecule has 0 spiro atoms. The second-order valence-electron chi connectivity index (χ2n) is 5.29. The Morgan fingerprint density at radius 2 is 2.06 bits per heavy atom. The summed E-state index contributed by atoms with van der Waals surface area (Å²) in [6.07, 6.45) is 5.75. The molecule has 1 unspecified atom stereocenters. The second kappa shape index (κ2) is 7.52. The maximum Gasteiger partial charge on any atom is 0.123 e. The molecule has 0 amide bonds. The topological polar surface area (TPSA) is 12.0 Å². The van der Waals surface area contributed by atoms with Crippen molar-refractivity contribution in [1.29, 1.82) is 0 Å². The van der Waals surface area contributed by atoms with Crippen LogP contribution >= 0.6 is 0 Å². The van der Waals surface area contributed by atoms with E-state index in [1.807, 2.05) is 19.2 Å². The summed E-state index contributed by atoms with van der Waals surface area (Å²) in [4.78, 5) is 0. The molecule has 0 saturated carbocycles. The monoisotopic (exact) mass is 251 g/mol. The molecule has 0 aliphatic rings. The van der Waals surface area contributed by atoms with Crippen molar-refractivity contribution < 1.29 is 4.39 Å². The van der Waals surface area contributed by atoms with Gasteiger partial charge in [0.05, 0.1) is 0 Å². The molecule has 1 N–H and O–H groups in total. The van der Waals surface area contributed by atoms with E-state index in [4.69, 9.17) is 0 Å². The highest BCUT2D eigenvalue weighted by Crippen LogP contribution is 2.32. The number of halogens is 1. The Hall–Kier alpha value is -0.890. The average Bonchev–Trinajstić information content (AvgIpc) is 2.36. The van der Waals surface area contributed by atoms with E-state index in [2.05, 4.69) is 19.2 Å². The standard InChI is InChI=1S/C16H26FN/c1-4-6-10-16(5-2,13-18-3)12-14-8-7-9-15(17)11-14/h7-9,11,18H,4-6,10,12-13H2,1-3H3. The fraction of sp³-hybridized carbons (Fsp3) is 0.625. The predicted molar refractivity (Wildman–Crippen MR) is 76.3 cm³/mol. The van der Waals surface area contributed by atoms with Crippen LogP contribution in [0.25, 0.3) is 0 Å². The first-order valence-corrected chi connectivity index (χ1v) is 7.05. The molecule has 0 aliphatic carbocycles. The van der Waals surface area contributed by atoms with E-state index in [9.17, 15) is 4.39 Å². The van der Waals surface area contributed by atoms with Crippen molar-refractivity contribution >= 4 is 0 Å². The van der Waals surface area contributed by atoms with Crippen molar-refractivity contribution in [1.82, 2.24) is 5.32 Å². The average molecular weight is 251 g/mol. The van der Waals surface area contributed by atoms with E-state index >= 15 is 0 Å². The molecule has 1 atom stereocenters. The Bertz CT molecular complexity index is 351. The molecular formula is C16H26FN. The molecule has 0 aliphatic heterocycles. The summed E-state index contributed by atoms with van der Waals surface area (Å²) in [6.45, 7) is 5.47. The van der Waals surface area contributed by atoms with Crippen LogP contribution < -0.4 is 5.32 Å². The lowest BCUT2D eigenvalue weighted by Crippen LogP contribution is -2.34. The van der Waals surface area contributed by atoms with Crippen molar-refractivity contribution in [3.05, 3.63) is 35.6 Å². The number of hydrogen-bond acceptors (Lipinski definition) is 1. The largest absolute Gasteiger partial charge is 0.319 e. The van der Waals surface area contributed by atoms with Crippen LogP contribution in [0.5, 0.6) is 0 Å². The molecule has 0 fully saturated rings. The van der Waals surface area contributed by atoms with Crippen molar-refractivity contribution in [3.8, 4) is 0 Å². The zero-order valence-electron chi connectivity index (χ0n) is 11.9. The van der Waals surface area contributed by atoms with Crippen LogP contribution in [-0.2, 0) is 6.42 Å². The Kier molecular flexibility index (Phi) is 6.34. The molecule has 0 aromatic heterocycles. The molecule has 1 aromatic carbocycles. The molecule has 1 rings (SSSR count). The van der Waals surface area contributed by atoms with Crippen LogP contribution in [0, 0.1) is 11.2 Å². The fourth-order valence-electron chi connectivity index (χ4n) is 2.67. The van der Waals surface area contributed by atoms with E-state index in [0.29, 0.717) is 0 Å². The number of rotatable bonds is 8. The molecule has 0 saturated heterocycles. The third kappa shape index (κ3) is 4.41. The number of nitrogens with one attached hydrogen (secondary N) is 1. The van der Waals surface area contributed by atoms with Crippen molar-refractivity contribution in [2.24, 2.45) is 5.41 Å². The van der Waals surface area contributed by atoms with Crippen molar-refractivity contribution in [3.63, 3.8) is 0 Å². The van der Waals surface area contributed by atoms with Gasteiger partial charge < -0.3 is 5.32 Å². The maximum absolute atomic E-state index is 13.3. The number of benzene rings is 1. The highest BCUT2D eigenvalue weighted by Gasteiger charge is 2.27. The van der Waals surface area contributed by atoms with Gasteiger partial charge in [-0.3, -0.25) is 0 Å². The number of unbranched alkanes of at least 4 members (excludes halogenated alkanes) is 1. The SMILES string of the molecule is CCCCC(CC)(CNC)Cc1cccc(F)c1. The first-order valence-electron chi connectivity index (χ1n) is 7.05. The highest BCUT2D eigenvalue weighted by molar-refractivity contribution is 5.18. The molecule has 0 radical (unpaired) electrons. The van der Waals surface area contributed by atoms with E-state index in [1.54, 1.807) is 6.07 Å². The van der Waals surface area contributed by atoms with Gasteiger partial charge in [0.25, 0.3) is 0 Å². The summed E-state index contributed by atoms with van der Waals surface area (Å²) in [5.74, 6) is -0.127. The van der Waals surface area contributed by atoms with Crippen molar-refractivity contribution in [2.45, 2.75) is 46.0 Å². The zero-order valence-corrected chi connectivity index (χ0v) is 11.9. The van der Waals surface area contributed by atoms with Crippen LogP contribution in [0.1, 0.15) is 45.1 Å². The number of hydrogen-bond donors (Lipinski definition) is 1. The van der Waals surface area contributed by atoms with E-state index < -0.39 is 0 Å². The van der Waals surface area contributed by atoms with Gasteiger partial charge in [-0.05, 0) is 49.4 Å². The van der Waals surface area contributed by atoms with Gasteiger partial charge in [0.1, 0.15) is 5.82 Å². The van der Waals surface area contributed by atoms with Crippen LogP contribution in [-0.4, -0.2) is 13.6 Å². The van der Waals surface area contributed by atoms with Crippen LogP contribution in [0.3, 0.4) is 0 Å². The summed E-state index contributed by atoms with van der Waals surface area (Å²) in [5.41, 5.74) is 1.38. The minimum atomic E-state index is -0.127. The zero-order chi connectivity index (χ0) is 13.4. The normalized spacial score (nSPS) is 14.4. The molecule has 18 heavy (non-hydrogen) atoms. The smallest absolute Gasteiger partial charge is 0.123 e. The van der Waals surface area contributed by atoms with Gasteiger partial charge >= 0.3 is 0 Å². The van der Waals surface area contributed by atoms with Gasteiger partial charge in [0, 0.05) is 6.54 Å². The van der Waals surface area contributed by atoms with Crippen LogP contribution in [0.4, 0.5) is 4.39 Å². The molecular weight excluding hydrogens is 225 g/mol. The molecule has 0 heterocycles. The van der Waals surface area contributed by atoms with Gasteiger partial charge in [-0.2, -0.15) is 0 Å². The first-order chi connectivity index (χ1) is 8.65. The van der Waals surface area contributed by atoms with Gasteiger partial charge in [-0.1, -0.05) is 38.8 Å². The van der Waals surface area contributed by atoms with E-state index in [-0.39, 0.29) is 11.2 Å². The van der Waals surface area contributed by atoms with Gasteiger partial charge in [-0.15, -0.1) is 0 Å². The molecule has 1 aromatic rings. The quantitative estimate of drug-likeness (QED) is 0.731. The lowest BCUT2D eigenvalue weighted by atomic mass is 9.75. The molecule has 102 valence electrons. The third-order valence-electron chi connectivity index (χ3n) is 3.83. The Labute approximate surface area is 111 Å². The Balaban J connectivity index is 2.82. The molecule has 2 heteroatoms. The lowest BCUT2D eigenvalue weighted by Gasteiger charge is -2.33. The summed E-state index contributed by atoms with van der Waals surface area (Å²) < 4.78 is 13.3. The third-order valence-corrected chi connectivity index (χ3v) is 3.83. The van der Waals surface area contributed by atoms with E-state index in [1.165, 1.54) is 25.3 Å². The van der Waals surface area contributed by atoms with Gasteiger partial charge in [0.15, 0.2) is 0 Å². The first kappa shape index (κ1) is 15.2. The Morgan fingerprint density at radius 1 is 1.28 bits per heavy atom.